The third-order valence-corrected chi connectivity index (χ3v) is 3.77. The number of Topliss-reactive ketones (excluding diaryl/α,β-unsaturated/α-hetero) is 1. The van der Waals surface area contributed by atoms with Crippen LogP contribution in [0.3, 0.4) is 0 Å². The first kappa shape index (κ1) is 15.8. The molecule has 0 bridgehead atoms. The van der Waals surface area contributed by atoms with E-state index in [9.17, 15) is 4.79 Å². The van der Waals surface area contributed by atoms with E-state index in [4.69, 9.17) is 9.47 Å². The molecule has 0 atom stereocenters. The van der Waals surface area contributed by atoms with Crippen LogP contribution in [-0.2, 0) is 0 Å². The largest absolute Gasteiger partial charge is 0.496 e. The molecule has 0 fully saturated rings. The number of carbonyl (C=O) groups excluding carboxylic acids is 1. The first-order valence-corrected chi connectivity index (χ1v) is 7.70. The molecule has 0 aliphatic heterocycles. The Kier molecular flexibility index (Phi) is 4.62. The Balaban J connectivity index is 1.96. The molecule has 120 valence electrons. The summed E-state index contributed by atoms with van der Waals surface area (Å²) in [6, 6.07) is 22.8. The molecule has 3 heteroatoms. The lowest BCUT2D eigenvalue weighted by Gasteiger charge is -2.14. The van der Waals surface area contributed by atoms with Crippen LogP contribution >= 0.6 is 0 Å². The second kappa shape index (κ2) is 7.01. The van der Waals surface area contributed by atoms with Crippen molar-refractivity contribution in [2.24, 2.45) is 0 Å². The van der Waals surface area contributed by atoms with E-state index in [2.05, 4.69) is 0 Å². The van der Waals surface area contributed by atoms with Crippen LogP contribution in [0.4, 0.5) is 0 Å². The van der Waals surface area contributed by atoms with Crippen LogP contribution in [0.1, 0.15) is 17.3 Å². The summed E-state index contributed by atoms with van der Waals surface area (Å²) in [5, 5.41) is 0. The maximum atomic E-state index is 11.4. The van der Waals surface area contributed by atoms with E-state index in [-0.39, 0.29) is 5.78 Å². The molecule has 3 nitrogen and oxygen atoms in total. The topological polar surface area (TPSA) is 35.5 Å². The zero-order valence-corrected chi connectivity index (χ0v) is 13.7. The Morgan fingerprint density at radius 2 is 1.29 bits per heavy atom. The van der Waals surface area contributed by atoms with Gasteiger partial charge < -0.3 is 9.47 Å². The van der Waals surface area contributed by atoms with Crippen LogP contribution < -0.4 is 9.47 Å². The van der Waals surface area contributed by atoms with Gasteiger partial charge in [0.1, 0.15) is 17.2 Å². The van der Waals surface area contributed by atoms with Crippen molar-refractivity contribution in [1.29, 1.82) is 0 Å². The molecule has 0 saturated heterocycles. The standard InChI is InChI=1S/C21H18O3/c1-15(22)16-11-13-17(14-12-16)24-21-10-6-4-8-19(21)18-7-3-5-9-20(18)23-2/h3-14H,1-2H3. The molecular weight excluding hydrogens is 300 g/mol. The minimum absolute atomic E-state index is 0.0379. The summed E-state index contributed by atoms with van der Waals surface area (Å²) in [7, 11) is 1.66. The molecule has 3 aromatic carbocycles. The van der Waals surface area contributed by atoms with E-state index >= 15 is 0 Å². The van der Waals surface area contributed by atoms with Crippen molar-refractivity contribution in [3.05, 3.63) is 78.4 Å². The maximum absolute atomic E-state index is 11.4. The lowest BCUT2D eigenvalue weighted by atomic mass is 10.0. The molecule has 0 spiro atoms. The van der Waals surface area contributed by atoms with Crippen molar-refractivity contribution < 1.29 is 14.3 Å². The second-order valence-corrected chi connectivity index (χ2v) is 5.38. The summed E-state index contributed by atoms with van der Waals surface area (Å²) < 4.78 is 11.5. The second-order valence-electron chi connectivity index (χ2n) is 5.38. The predicted octanol–water partition coefficient (Wildman–Crippen LogP) is 5.36. The van der Waals surface area contributed by atoms with Crippen molar-refractivity contribution in [2.75, 3.05) is 7.11 Å². The molecule has 0 aliphatic carbocycles. The summed E-state index contributed by atoms with van der Waals surface area (Å²) in [4.78, 5) is 11.4. The van der Waals surface area contributed by atoms with Gasteiger partial charge in [-0.15, -0.1) is 0 Å². The number of ketones is 1. The van der Waals surface area contributed by atoms with Gasteiger partial charge in [-0.3, -0.25) is 4.79 Å². The highest BCUT2D eigenvalue weighted by atomic mass is 16.5. The monoisotopic (exact) mass is 318 g/mol. The minimum Gasteiger partial charge on any atom is -0.496 e. The Labute approximate surface area is 141 Å². The molecule has 0 saturated carbocycles. The van der Waals surface area contributed by atoms with Gasteiger partial charge in [-0.1, -0.05) is 36.4 Å². The van der Waals surface area contributed by atoms with Crippen molar-refractivity contribution in [3.63, 3.8) is 0 Å². The summed E-state index contributed by atoms with van der Waals surface area (Å²) in [5.74, 6) is 2.25. The molecule has 24 heavy (non-hydrogen) atoms. The van der Waals surface area contributed by atoms with E-state index in [0.717, 1.165) is 22.6 Å². The molecule has 0 aliphatic rings. The van der Waals surface area contributed by atoms with E-state index in [0.29, 0.717) is 11.3 Å². The van der Waals surface area contributed by atoms with Gasteiger partial charge in [-0.05, 0) is 43.3 Å². The lowest BCUT2D eigenvalue weighted by molar-refractivity contribution is 0.101. The lowest BCUT2D eigenvalue weighted by Crippen LogP contribution is -1.93. The van der Waals surface area contributed by atoms with E-state index in [1.54, 1.807) is 38.3 Å². The van der Waals surface area contributed by atoms with Crippen LogP contribution in [0.2, 0.25) is 0 Å². The summed E-state index contributed by atoms with van der Waals surface area (Å²) in [6.07, 6.45) is 0. The summed E-state index contributed by atoms with van der Waals surface area (Å²) in [6.45, 7) is 1.55. The Hall–Kier alpha value is -3.07. The van der Waals surface area contributed by atoms with Gasteiger partial charge in [0.15, 0.2) is 5.78 Å². The van der Waals surface area contributed by atoms with Gasteiger partial charge in [-0.2, -0.15) is 0 Å². The van der Waals surface area contributed by atoms with Crippen molar-refractivity contribution >= 4 is 5.78 Å². The first-order chi connectivity index (χ1) is 11.7. The predicted molar refractivity (Wildman–Crippen MR) is 95.0 cm³/mol. The third-order valence-electron chi connectivity index (χ3n) is 3.77. The molecule has 3 rings (SSSR count). The highest BCUT2D eigenvalue weighted by Gasteiger charge is 2.11. The Bertz CT molecular complexity index is 851. The number of hydrogen-bond acceptors (Lipinski definition) is 3. The third kappa shape index (κ3) is 3.30. The number of para-hydroxylation sites is 2. The van der Waals surface area contributed by atoms with Gasteiger partial charge in [0, 0.05) is 16.7 Å². The van der Waals surface area contributed by atoms with E-state index in [1.165, 1.54) is 0 Å². The number of carbonyl (C=O) groups is 1. The first-order valence-electron chi connectivity index (χ1n) is 7.70. The van der Waals surface area contributed by atoms with Crippen LogP contribution in [0.5, 0.6) is 17.2 Å². The fraction of sp³-hybridized carbons (Fsp3) is 0.0952. The van der Waals surface area contributed by atoms with Crippen LogP contribution in [0, 0.1) is 0 Å². The molecule has 0 heterocycles. The Morgan fingerprint density at radius 3 is 1.88 bits per heavy atom. The Morgan fingerprint density at radius 1 is 0.750 bits per heavy atom. The average molecular weight is 318 g/mol. The van der Waals surface area contributed by atoms with Crippen molar-refractivity contribution in [2.45, 2.75) is 6.92 Å². The molecule has 3 aromatic rings. The smallest absolute Gasteiger partial charge is 0.159 e. The highest BCUT2D eigenvalue weighted by Crippen LogP contribution is 2.37. The molecule has 0 N–H and O–H groups in total. The van der Waals surface area contributed by atoms with Crippen molar-refractivity contribution in [3.8, 4) is 28.4 Å². The van der Waals surface area contributed by atoms with Gasteiger partial charge in [0.25, 0.3) is 0 Å². The zero-order chi connectivity index (χ0) is 16.9. The zero-order valence-electron chi connectivity index (χ0n) is 13.7. The molecule has 0 radical (unpaired) electrons. The van der Waals surface area contributed by atoms with Gasteiger partial charge >= 0.3 is 0 Å². The van der Waals surface area contributed by atoms with Gasteiger partial charge in [0.05, 0.1) is 7.11 Å². The molecular formula is C21H18O3. The number of benzene rings is 3. The molecule has 0 aromatic heterocycles. The number of rotatable bonds is 5. The summed E-state index contributed by atoms with van der Waals surface area (Å²) >= 11 is 0. The highest BCUT2D eigenvalue weighted by molar-refractivity contribution is 5.94. The van der Waals surface area contributed by atoms with Crippen LogP contribution in [0.15, 0.2) is 72.8 Å². The van der Waals surface area contributed by atoms with Crippen molar-refractivity contribution in [1.82, 2.24) is 0 Å². The number of methoxy groups -OCH3 is 1. The summed E-state index contributed by atoms with van der Waals surface area (Å²) in [5.41, 5.74) is 2.59. The van der Waals surface area contributed by atoms with Gasteiger partial charge in [0.2, 0.25) is 0 Å². The van der Waals surface area contributed by atoms with Crippen LogP contribution in [0.25, 0.3) is 11.1 Å². The van der Waals surface area contributed by atoms with Crippen LogP contribution in [-0.4, -0.2) is 12.9 Å². The number of hydrogen-bond donors (Lipinski definition) is 0. The molecule has 0 unspecified atom stereocenters. The number of ether oxygens (including phenoxy) is 2. The molecule has 0 amide bonds. The normalized spacial score (nSPS) is 10.2. The fourth-order valence-electron chi connectivity index (χ4n) is 2.53. The fourth-order valence-corrected chi connectivity index (χ4v) is 2.53. The minimum atomic E-state index is 0.0379. The SMILES string of the molecule is COc1ccccc1-c1ccccc1Oc1ccc(C(C)=O)cc1. The van der Waals surface area contributed by atoms with E-state index in [1.807, 2.05) is 48.5 Å². The van der Waals surface area contributed by atoms with Gasteiger partial charge in [-0.25, -0.2) is 0 Å². The maximum Gasteiger partial charge on any atom is 0.159 e. The average Bonchev–Trinajstić information content (AvgIpc) is 2.62. The quantitative estimate of drug-likeness (QED) is 0.594. The van der Waals surface area contributed by atoms with E-state index < -0.39 is 0 Å².